The standard InChI is InChI=1S/C26H23N3O/c27-23-18-10-11-19-24(23)29-26(20-12-4-1-5-13-20,21-14-6-2-7-15-21)25(30)28-22-16-8-3-9-17-22/h1-19,29H,27H2,(H,28,30). The van der Waals surface area contributed by atoms with Gasteiger partial charge in [-0.05, 0) is 35.4 Å². The molecule has 0 atom stereocenters. The molecule has 4 nitrogen and oxygen atoms in total. The average molecular weight is 393 g/mol. The van der Waals surface area contributed by atoms with Gasteiger partial charge in [-0.25, -0.2) is 0 Å². The second-order valence-corrected chi connectivity index (χ2v) is 7.01. The highest BCUT2D eigenvalue weighted by Crippen LogP contribution is 2.36. The van der Waals surface area contributed by atoms with Crippen LogP contribution in [0.1, 0.15) is 11.1 Å². The third-order valence-electron chi connectivity index (χ3n) is 5.07. The monoisotopic (exact) mass is 393 g/mol. The van der Waals surface area contributed by atoms with Gasteiger partial charge in [-0.1, -0.05) is 91.0 Å². The summed E-state index contributed by atoms with van der Waals surface area (Å²) in [5.74, 6) is -0.200. The SMILES string of the molecule is Nc1ccccc1NC(C(=O)Nc1ccccc1)(c1ccccc1)c1ccccc1. The molecule has 0 saturated heterocycles. The van der Waals surface area contributed by atoms with Gasteiger partial charge in [-0.2, -0.15) is 0 Å². The fraction of sp³-hybridized carbons (Fsp3) is 0.0385. The Labute approximate surface area is 176 Å². The summed E-state index contributed by atoms with van der Waals surface area (Å²) in [5.41, 5.74) is 8.66. The number of nitrogen functional groups attached to an aromatic ring is 1. The largest absolute Gasteiger partial charge is 0.397 e. The molecule has 0 bridgehead atoms. The average Bonchev–Trinajstić information content (AvgIpc) is 2.80. The molecule has 0 fully saturated rings. The summed E-state index contributed by atoms with van der Waals surface area (Å²) in [6.45, 7) is 0. The molecule has 0 spiro atoms. The molecule has 30 heavy (non-hydrogen) atoms. The van der Waals surface area contributed by atoms with Crippen molar-refractivity contribution in [2.45, 2.75) is 5.54 Å². The van der Waals surface area contributed by atoms with E-state index in [0.29, 0.717) is 11.4 Å². The van der Waals surface area contributed by atoms with Crippen molar-refractivity contribution in [2.75, 3.05) is 16.4 Å². The minimum absolute atomic E-state index is 0.200. The van der Waals surface area contributed by atoms with Crippen LogP contribution in [-0.4, -0.2) is 5.91 Å². The molecule has 0 aromatic heterocycles. The van der Waals surface area contributed by atoms with E-state index in [1.807, 2.05) is 115 Å². The lowest BCUT2D eigenvalue weighted by Gasteiger charge is -2.36. The lowest BCUT2D eigenvalue weighted by atomic mass is 9.81. The molecule has 0 aliphatic rings. The van der Waals surface area contributed by atoms with Crippen LogP contribution in [0.4, 0.5) is 17.1 Å². The highest BCUT2D eigenvalue weighted by molar-refractivity contribution is 6.04. The summed E-state index contributed by atoms with van der Waals surface area (Å²) < 4.78 is 0. The number of amides is 1. The Hall–Kier alpha value is -4.05. The zero-order valence-corrected chi connectivity index (χ0v) is 16.5. The van der Waals surface area contributed by atoms with Crippen LogP contribution in [-0.2, 0) is 10.3 Å². The number of nitrogens with one attached hydrogen (secondary N) is 2. The zero-order chi connectivity index (χ0) is 20.8. The first kappa shape index (κ1) is 19.3. The van der Waals surface area contributed by atoms with Gasteiger partial charge in [0, 0.05) is 5.69 Å². The summed E-state index contributed by atoms with van der Waals surface area (Å²) in [6, 6.07) is 36.3. The van der Waals surface area contributed by atoms with E-state index >= 15 is 0 Å². The van der Waals surface area contributed by atoms with E-state index < -0.39 is 5.54 Å². The summed E-state index contributed by atoms with van der Waals surface area (Å²) in [4.78, 5) is 13.9. The van der Waals surface area contributed by atoms with Crippen molar-refractivity contribution in [3.05, 3.63) is 126 Å². The smallest absolute Gasteiger partial charge is 0.259 e. The first-order valence-corrected chi connectivity index (χ1v) is 9.80. The van der Waals surface area contributed by atoms with E-state index in [0.717, 1.165) is 16.8 Å². The molecular formula is C26H23N3O. The molecule has 0 heterocycles. The first-order valence-electron chi connectivity index (χ1n) is 9.80. The Morgan fingerprint density at radius 3 is 1.63 bits per heavy atom. The minimum Gasteiger partial charge on any atom is -0.397 e. The third-order valence-corrected chi connectivity index (χ3v) is 5.07. The Morgan fingerprint density at radius 2 is 1.10 bits per heavy atom. The van der Waals surface area contributed by atoms with Crippen LogP contribution in [0.2, 0.25) is 0 Å². The summed E-state index contributed by atoms with van der Waals surface area (Å²) in [7, 11) is 0. The maximum Gasteiger partial charge on any atom is 0.259 e. The molecule has 0 radical (unpaired) electrons. The van der Waals surface area contributed by atoms with Gasteiger partial charge in [0.05, 0.1) is 11.4 Å². The molecule has 0 unspecified atom stereocenters. The van der Waals surface area contributed by atoms with Crippen molar-refractivity contribution >= 4 is 23.0 Å². The number of benzene rings is 4. The van der Waals surface area contributed by atoms with Gasteiger partial charge >= 0.3 is 0 Å². The van der Waals surface area contributed by atoms with Gasteiger partial charge in [-0.15, -0.1) is 0 Å². The highest BCUT2D eigenvalue weighted by atomic mass is 16.2. The van der Waals surface area contributed by atoms with E-state index in [1.54, 1.807) is 0 Å². The Bertz CT molecular complexity index is 1070. The quantitative estimate of drug-likeness (QED) is 0.391. The van der Waals surface area contributed by atoms with Crippen LogP contribution >= 0.6 is 0 Å². The molecule has 0 aliphatic carbocycles. The predicted molar refractivity (Wildman–Crippen MR) is 123 cm³/mol. The molecule has 4 rings (SSSR count). The number of carbonyl (C=O) groups is 1. The molecule has 0 aliphatic heterocycles. The van der Waals surface area contributed by atoms with Crippen molar-refractivity contribution in [3.8, 4) is 0 Å². The topological polar surface area (TPSA) is 67.1 Å². The van der Waals surface area contributed by atoms with Crippen molar-refractivity contribution < 1.29 is 4.79 Å². The fourth-order valence-corrected chi connectivity index (χ4v) is 3.57. The second kappa shape index (κ2) is 8.53. The number of para-hydroxylation sites is 3. The second-order valence-electron chi connectivity index (χ2n) is 7.01. The number of carbonyl (C=O) groups excluding carboxylic acids is 1. The zero-order valence-electron chi connectivity index (χ0n) is 16.5. The first-order chi connectivity index (χ1) is 14.7. The Kier molecular flexibility index (Phi) is 5.48. The van der Waals surface area contributed by atoms with Gasteiger partial charge in [0.15, 0.2) is 5.54 Å². The molecule has 4 aromatic rings. The Balaban J connectivity index is 1.91. The summed E-state index contributed by atoms with van der Waals surface area (Å²) in [5, 5.41) is 6.55. The molecule has 148 valence electrons. The van der Waals surface area contributed by atoms with E-state index in [4.69, 9.17) is 5.73 Å². The van der Waals surface area contributed by atoms with Crippen molar-refractivity contribution in [2.24, 2.45) is 0 Å². The van der Waals surface area contributed by atoms with Gasteiger partial charge < -0.3 is 16.4 Å². The van der Waals surface area contributed by atoms with E-state index in [2.05, 4.69) is 10.6 Å². The summed E-state index contributed by atoms with van der Waals surface area (Å²) in [6.07, 6.45) is 0. The van der Waals surface area contributed by atoms with Crippen molar-refractivity contribution in [1.82, 2.24) is 0 Å². The van der Waals surface area contributed by atoms with E-state index in [1.165, 1.54) is 0 Å². The number of hydrogen-bond donors (Lipinski definition) is 3. The number of rotatable bonds is 6. The molecule has 1 amide bonds. The van der Waals surface area contributed by atoms with Crippen LogP contribution in [0.25, 0.3) is 0 Å². The lowest BCUT2D eigenvalue weighted by molar-refractivity contribution is -0.119. The number of hydrogen-bond acceptors (Lipinski definition) is 3. The lowest BCUT2D eigenvalue weighted by Crippen LogP contribution is -2.48. The minimum atomic E-state index is -1.19. The van der Waals surface area contributed by atoms with Crippen LogP contribution in [0, 0.1) is 0 Å². The number of nitrogens with two attached hydrogens (primary N) is 1. The molecule has 0 saturated carbocycles. The van der Waals surface area contributed by atoms with Crippen molar-refractivity contribution in [3.63, 3.8) is 0 Å². The molecule has 4 N–H and O–H groups in total. The molecule has 4 aromatic carbocycles. The van der Waals surface area contributed by atoms with Crippen LogP contribution in [0.15, 0.2) is 115 Å². The molecule has 4 heteroatoms. The highest BCUT2D eigenvalue weighted by Gasteiger charge is 2.42. The maximum absolute atomic E-state index is 13.9. The third kappa shape index (κ3) is 3.76. The van der Waals surface area contributed by atoms with Crippen LogP contribution in [0.5, 0.6) is 0 Å². The van der Waals surface area contributed by atoms with Gasteiger partial charge in [0.2, 0.25) is 0 Å². The van der Waals surface area contributed by atoms with Gasteiger partial charge in [-0.3, -0.25) is 4.79 Å². The predicted octanol–water partition coefficient (Wildman–Crippen LogP) is 5.26. The summed E-state index contributed by atoms with van der Waals surface area (Å²) >= 11 is 0. The van der Waals surface area contributed by atoms with E-state index in [-0.39, 0.29) is 5.91 Å². The number of anilines is 3. The molecular weight excluding hydrogens is 370 g/mol. The normalized spacial score (nSPS) is 10.9. The van der Waals surface area contributed by atoms with Crippen molar-refractivity contribution in [1.29, 1.82) is 0 Å². The van der Waals surface area contributed by atoms with Gasteiger partial charge in [0.1, 0.15) is 0 Å². The maximum atomic E-state index is 13.9. The fourth-order valence-electron chi connectivity index (χ4n) is 3.57. The van der Waals surface area contributed by atoms with Gasteiger partial charge in [0.25, 0.3) is 5.91 Å². The van der Waals surface area contributed by atoms with Crippen LogP contribution < -0.4 is 16.4 Å². The van der Waals surface area contributed by atoms with E-state index in [9.17, 15) is 4.79 Å². The Morgan fingerprint density at radius 1 is 0.633 bits per heavy atom. The van der Waals surface area contributed by atoms with Crippen LogP contribution in [0.3, 0.4) is 0 Å².